The summed E-state index contributed by atoms with van der Waals surface area (Å²) in [6.07, 6.45) is 3.95. The Bertz CT molecular complexity index is 1780. The van der Waals surface area contributed by atoms with E-state index in [9.17, 15) is 19.2 Å². The van der Waals surface area contributed by atoms with Gasteiger partial charge in [-0.05, 0) is 86.9 Å². The van der Waals surface area contributed by atoms with Crippen LogP contribution in [-0.2, 0) is 11.2 Å². The summed E-state index contributed by atoms with van der Waals surface area (Å²) in [6.45, 7) is 2.06. The van der Waals surface area contributed by atoms with Gasteiger partial charge in [-0.3, -0.25) is 9.59 Å². The molecule has 45 heavy (non-hydrogen) atoms. The van der Waals surface area contributed by atoms with Crippen molar-refractivity contribution in [1.29, 1.82) is 5.26 Å². The number of nitrogens with one attached hydrogen (secondary N) is 1. The second-order valence-electron chi connectivity index (χ2n) is 11.5. The van der Waals surface area contributed by atoms with Crippen LogP contribution in [0.1, 0.15) is 46.1 Å². The molecule has 3 heterocycles. The number of anilines is 2. The van der Waals surface area contributed by atoms with E-state index < -0.39 is 23.7 Å². The summed E-state index contributed by atoms with van der Waals surface area (Å²) in [6, 6.07) is 18.6. The Labute approximate surface area is 265 Å². The minimum atomic E-state index is -0.968. The number of hydrogen-bond acceptors (Lipinski definition) is 7. The van der Waals surface area contributed by atoms with Gasteiger partial charge in [-0.25, -0.2) is 9.07 Å². The zero-order valence-electron chi connectivity index (χ0n) is 25.0. The lowest BCUT2D eigenvalue weighted by atomic mass is 9.89. The Morgan fingerprint density at radius 1 is 1.02 bits per heavy atom. The van der Waals surface area contributed by atoms with Crippen molar-refractivity contribution in [2.24, 2.45) is 0 Å². The van der Waals surface area contributed by atoms with Crippen molar-refractivity contribution in [3.05, 3.63) is 100 Å². The van der Waals surface area contributed by atoms with Gasteiger partial charge >= 0.3 is 0 Å². The molecule has 4 aromatic rings. The van der Waals surface area contributed by atoms with Crippen LogP contribution in [0.2, 0.25) is 5.02 Å². The van der Waals surface area contributed by atoms with Gasteiger partial charge in [0.15, 0.2) is 11.5 Å². The van der Waals surface area contributed by atoms with Crippen LogP contribution in [0.5, 0.6) is 0 Å². The summed E-state index contributed by atoms with van der Waals surface area (Å²) < 4.78 is 15.9. The summed E-state index contributed by atoms with van der Waals surface area (Å²) in [5.74, 6) is -1.59. The van der Waals surface area contributed by atoms with Crippen LogP contribution in [0.25, 0.3) is 5.69 Å². The van der Waals surface area contributed by atoms with Crippen LogP contribution in [0, 0.1) is 17.1 Å². The van der Waals surface area contributed by atoms with Gasteiger partial charge in [-0.1, -0.05) is 35.0 Å². The molecule has 0 radical (unpaired) electrons. The lowest BCUT2D eigenvalue weighted by molar-refractivity contribution is -0.121. The van der Waals surface area contributed by atoms with Crippen LogP contribution in [0.3, 0.4) is 0 Å². The molecule has 2 aliphatic heterocycles. The topological polar surface area (TPSA) is 110 Å². The molecule has 1 saturated heterocycles. The number of benzene rings is 3. The Hall–Kier alpha value is -4.79. The minimum absolute atomic E-state index is 0.0316. The fraction of sp³-hybridized carbons (Fsp3) is 0.303. The number of carbonyl (C=O) groups is 2. The third kappa shape index (κ3) is 5.99. The van der Waals surface area contributed by atoms with Crippen molar-refractivity contribution >= 4 is 34.8 Å². The van der Waals surface area contributed by atoms with Crippen LogP contribution >= 0.6 is 11.6 Å². The molecule has 230 valence electrons. The van der Waals surface area contributed by atoms with Gasteiger partial charge < -0.3 is 20.0 Å². The van der Waals surface area contributed by atoms with E-state index in [2.05, 4.69) is 51.7 Å². The molecule has 6 rings (SSSR count). The molecular weight excluding hydrogens is 595 g/mol. The zero-order valence-corrected chi connectivity index (χ0v) is 25.7. The van der Waals surface area contributed by atoms with Gasteiger partial charge in [0.1, 0.15) is 11.7 Å². The summed E-state index contributed by atoms with van der Waals surface area (Å²) >= 11 is 5.95. The molecular formula is C33H32ClFN8O2. The van der Waals surface area contributed by atoms with Crippen LogP contribution in [-0.4, -0.2) is 76.4 Å². The van der Waals surface area contributed by atoms with E-state index in [0.29, 0.717) is 23.7 Å². The monoisotopic (exact) mass is 626 g/mol. The SMILES string of the molecule is CN(C)C1CCN(c2cccc3c2CCN(C(=O)c2cn(-c4cccc(Cl)c4F)nn2)C3C(=O)Nc2ccc(C#N)cc2)CC1. The van der Waals surface area contributed by atoms with Crippen molar-refractivity contribution in [2.75, 3.05) is 43.9 Å². The van der Waals surface area contributed by atoms with E-state index in [1.165, 1.54) is 23.2 Å². The van der Waals surface area contributed by atoms with Crippen molar-refractivity contribution in [3.8, 4) is 11.8 Å². The number of amides is 2. The highest BCUT2D eigenvalue weighted by Gasteiger charge is 2.39. The molecule has 2 amide bonds. The minimum Gasteiger partial charge on any atom is -0.371 e. The lowest BCUT2D eigenvalue weighted by Gasteiger charge is -2.41. The maximum atomic E-state index is 14.7. The van der Waals surface area contributed by atoms with E-state index in [4.69, 9.17) is 11.6 Å². The van der Waals surface area contributed by atoms with Gasteiger partial charge in [-0.15, -0.1) is 5.10 Å². The zero-order chi connectivity index (χ0) is 31.7. The molecule has 1 N–H and O–H groups in total. The largest absolute Gasteiger partial charge is 0.371 e. The first-order chi connectivity index (χ1) is 21.7. The molecule has 1 unspecified atom stereocenters. The van der Waals surface area contributed by atoms with E-state index >= 15 is 0 Å². The van der Waals surface area contributed by atoms with Crippen molar-refractivity contribution in [2.45, 2.75) is 31.3 Å². The van der Waals surface area contributed by atoms with Crippen molar-refractivity contribution in [3.63, 3.8) is 0 Å². The molecule has 3 aromatic carbocycles. The number of carbonyl (C=O) groups excluding carboxylic acids is 2. The van der Waals surface area contributed by atoms with E-state index in [0.717, 1.165) is 47.4 Å². The van der Waals surface area contributed by atoms with E-state index in [1.54, 1.807) is 30.3 Å². The molecule has 0 bridgehead atoms. The number of nitriles is 1. The highest BCUT2D eigenvalue weighted by atomic mass is 35.5. The van der Waals surface area contributed by atoms with Gasteiger partial charge in [0, 0.05) is 37.1 Å². The number of aromatic nitrogens is 3. The van der Waals surface area contributed by atoms with Crippen LogP contribution in [0.15, 0.2) is 66.9 Å². The number of nitrogens with zero attached hydrogens (tertiary/aromatic N) is 7. The standard InChI is InChI=1S/C33H32ClFN8O2/c1-40(2)23-13-16-41(17-14-23)28-7-3-5-25-24(28)15-18-42(31(25)32(44)37-22-11-9-21(19-36)10-12-22)33(45)27-20-43(39-38-27)29-8-4-6-26(34)30(29)35/h3-12,20,23,31H,13-18H2,1-2H3,(H,37,44). The maximum Gasteiger partial charge on any atom is 0.277 e. The fourth-order valence-electron chi connectivity index (χ4n) is 6.21. The molecule has 12 heteroatoms. The normalized spacial score (nSPS) is 16.8. The number of hydrogen-bond donors (Lipinski definition) is 1. The molecule has 0 saturated carbocycles. The fourth-order valence-corrected chi connectivity index (χ4v) is 6.38. The molecule has 1 fully saturated rings. The predicted octanol–water partition coefficient (Wildman–Crippen LogP) is 4.84. The molecule has 0 aliphatic carbocycles. The summed E-state index contributed by atoms with van der Waals surface area (Å²) in [4.78, 5) is 34.2. The second kappa shape index (κ2) is 12.7. The van der Waals surface area contributed by atoms with Gasteiger partial charge in [0.2, 0.25) is 0 Å². The molecule has 2 aliphatic rings. The predicted molar refractivity (Wildman–Crippen MR) is 169 cm³/mol. The molecule has 10 nitrogen and oxygen atoms in total. The highest BCUT2D eigenvalue weighted by Crippen LogP contribution is 2.38. The molecule has 1 aromatic heterocycles. The van der Waals surface area contributed by atoms with Crippen molar-refractivity contribution < 1.29 is 14.0 Å². The third-order valence-electron chi connectivity index (χ3n) is 8.61. The average Bonchev–Trinajstić information content (AvgIpc) is 3.55. The maximum absolute atomic E-state index is 14.7. The van der Waals surface area contributed by atoms with E-state index in [-0.39, 0.29) is 22.9 Å². The average molecular weight is 627 g/mol. The molecule has 1 atom stereocenters. The first-order valence-corrected chi connectivity index (χ1v) is 15.1. The Balaban J connectivity index is 1.34. The quantitative estimate of drug-likeness (QED) is 0.326. The van der Waals surface area contributed by atoms with Gasteiger partial charge in [-0.2, -0.15) is 5.26 Å². The first-order valence-electron chi connectivity index (χ1n) is 14.8. The third-order valence-corrected chi connectivity index (χ3v) is 8.91. The Morgan fingerprint density at radius 3 is 2.44 bits per heavy atom. The smallest absolute Gasteiger partial charge is 0.277 e. The second-order valence-corrected chi connectivity index (χ2v) is 11.9. The van der Waals surface area contributed by atoms with E-state index in [1.807, 2.05) is 12.1 Å². The number of piperidine rings is 1. The molecule has 0 spiro atoms. The lowest BCUT2D eigenvalue weighted by Crippen LogP contribution is -2.46. The summed E-state index contributed by atoms with van der Waals surface area (Å²) in [5.41, 5.74) is 3.84. The number of halogens is 2. The summed E-state index contributed by atoms with van der Waals surface area (Å²) in [7, 11) is 4.22. The number of rotatable bonds is 6. The van der Waals surface area contributed by atoms with Crippen LogP contribution < -0.4 is 10.2 Å². The summed E-state index contributed by atoms with van der Waals surface area (Å²) in [5, 5.41) is 20.1. The van der Waals surface area contributed by atoms with Crippen LogP contribution in [0.4, 0.5) is 15.8 Å². The first kappa shape index (κ1) is 30.2. The Morgan fingerprint density at radius 2 is 1.73 bits per heavy atom. The van der Waals surface area contributed by atoms with Gasteiger partial charge in [0.05, 0.1) is 22.9 Å². The van der Waals surface area contributed by atoms with Gasteiger partial charge in [0.25, 0.3) is 11.8 Å². The Kier molecular flexibility index (Phi) is 8.52. The van der Waals surface area contributed by atoms with Crippen molar-refractivity contribution in [1.82, 2.24) is 24.8 Å². The number of fused-ring (bicyclic) bond motifs is 1. The highest BCUT2D eigenvalue weighted by molar-refractivity contribution is 6.30.